The molecule has 10 heteroatoms. The van der Waals surface area contributed by atoms with E-state index in [0.717, 1.165) is 39.6 Å². The minimum absolute atomic E-state index is 0.0182. The molecule has 0 spiro atoms. The summed E-state index contributed by atoms with van der Waals surface area (Å²) in [7, 11) is -3.11. The summed E-state index contributed by atoms with van der Waals surface area (Å²) in [6.07, 6.45) is 6.48. The van der Waals surface area contributed by atoms with Crippen molar-refractivity contribution in [2.24, 2.45) is 0 Å². The Bertz CT molecular complexity index is 1620. The predicted octanol–water partition coefficient (Wildman–Crippen LogP) is 5.42. The quantitative estimate of drug-likeness (QED) is 0.324. The van der Waals surface area contributed by atoms with Gasteiger partial charge in [0.05, 0.1) is 25.4 Å². The van der Waals surface area contributed by atoms with Crippen molar-refractivity contribution in [1.82, 2.24) is 4.98 Å². The van der Waals surface area contributed by atoms with Gasteiger partial charge in [-0.2, -0.15) is 0 Å². The number of halogens is 1. The van der Waals surface area contributed by atoms with Gasteiger partial charge < -0.3 is 19.3 Å². The highest BCUT2D eigenvalue weighted by atomic mass is 32.2. The molecular weight excluding hydrogens is 537 g/mol. The van der Waals surface area contributed by atoms with Crippen LogP contribution in [0.4, 0.5) is 4.39 Å². The number of benzene rings is 2. The zero-order chi connectivity index (χ0) is 28.6. The molecule has 0 saturated carbocycles. The molecule has 0 amide bonds. The summed E-state index contributed by atoms with van der Waals surface area (Å²) in [6, 6.07) is 9.13. The fraction of sp³-hybridized carbons (Fsp3) is 0.333. The van der Waals surface area contributed by atoms with E-state index < -0.39 is 27.7 Å². The lowest BCUT2D eigenvalue weighted by atomic mass is 9.90. The van der Waals surface area contributed by atoms with E-state index >= 15 is 4.39 Å². The van der Waals surface area contributed by atoms with E-state index in [1.54, 1.807) is 25.3 Å². The lowest BCUT2D eigenvalue weighted by Gasteiger charge is -2.19. The van der Waals surface area contributed by atoms with Gasteiger partial charge in [0.2, 0.25) is 5.88 Å². The molecule has 1 aromatic heterocycles. The van der Waals surface area contributed by atoms with Gasteiger partial charge in [-0.3, -0.25) is 4.79 Å². The molecule has 2 aliphatic rings. The normalized spacial score (nSPS) is 17.3. The second-order valence-corrected chi connectivity index (χ2v) is 12.5. The molecule has 3 aromatic rings. The van der Waals surface area contributed by atoms with Crippen LogP contribution in [0, 0.1) is 19.7 Å². The molecule has 40 heavy (non-hydrogen) atoms. The molecule has 1 aliphatic heterocycles. The molecule has 2 heterocycles. The second kappa shape index (κ2) is 10.9. The summed E-state index contributed by atoms with van der Waals surface area (Å²) in [4.78, 5) is 15.5. The third-order valence-corrected chi connectivity index (χ3v) is 8.18. The van der Waals surface area contributed by atoms with E-state index in [2.05, 4.69) is 4.98 Å². The van der Waals surface area contributed by atoms with E-state index in [4.69, 9.17) is 19.3 Å². The number of nitrogens with zero attached hydrogens (tertiary/aromatic N) is 1. The van der Waals surface area contributed by atoms with Crippen LogP contribution in [0.3, 0.4) is 0 Å². The van der Waals surface area contributed by atoms with Gasteiger partial charge in [-0.25, -0.2) is 17.8 Å². The molecule has 0 radical (unpaired) electrons. The second-order valence-electron chi connectivity index (χ2n) is 10.2. The summed E-state index contributed by atoms with van der Waals surface area (Å²) in [5, 5.41) is 9.12. The van der Waals surface area contributed by atoms with E-state index in [1.165, 1.54) is 0 Å². The minimum Gasteiger partial charge on any atom is -0.492 e. The number of aromatic nitrogens is 1. The Kier molecular flexibility index (Phi) is 7.55. The van der Waals surface area contributed by atoms with Crippen molar-refractivity contribution in [1.29, 1.82) is 0 Å². The van der Waals surface area contributed by atoms with Gasteiger partial charge in [-0.1, -0.05) is 24.3 Å². The number of aryl methyl sites for hydroxylation is 1. The van der Waals surface area contributed by atoms with Crippen LogP contribution in [0.15, 0.2) is 42.6 Å². The van der Waals surface area contributed by atoms with Crippen LogP contribution in [-0.4, -0.2) is 49.7 Å². The highest BCUT2D eigenvalue weighted by molar-refractivity contribution is 7.90. The molecule has 2 atom stereocenters. The molecular formula is C30H30FNO7S. The Morgan fingerprint density at radius 1 is 1.23 bits per heavy atom. The van der Waals surface area contributed by atoms with Gasteiger partial charge in [-0.05, 0) is 60.2 Å². The van der Waals surface area contributed by atoms with Gasteiger partial charge in [0.1, 0.15) is 21.7 Å². The summed E-state index contributed by atoms with van der Waals surface area (Å²) in [5.74, 6) is -0.577. The number of pyridine rings is 1. The largest absolute Gasteiger partial charge is 0.492 e. The van der Waals surface area contributed by atoms with Crippen LogP contribution in [0.5, 0.6) is 17.4 Å². The first-order chi connectivity index (χ1) is 19.0. The van der Waals surface area contributed by atoms with Crippen molar-refractivity contribution in [3.8, 4) is 28.5 Å². The van der Waals surface area contributed by atoms with Crippen molar-refractivity contribution in [3.05, 3.63) is 76.2 Å². The molecule has 2 aromatic carbocycles. The summed E-state index contributed by atoms with van der Waals surface area (Å²) < 4.78 is 55.5. The Morgan fingerprint density at radius 3 is 2.77 bits per heavy atom. The molecule has 0 fully saturated rings. The van der Waals surface area contributed by atoms with Gasteiger partial charge in [-0.15, -0.1) is 0 Å². The lowest BCUT2D eigenvalue weighted by molar-refractivity contribution is -0.137. The van der Waals surface area contributed by atoms with Crippen molar-refractivity contribution < 1.29 is 36.9 Å². The monoisotopic (exact) mass is 567 g/mol. The Morgan fingerprint density at radius 2 is 2.02 bits per heavy atom. The Balaban J connectivity index is 1.36. The van der Waals surface area contributed by atoms with E-state index in [9.17, 15) is 13.2 Å². The van der Waals surface area contributed by atoms with Gasteiger partial charge in [0, 0.05) is 35.6 Å². The van der Waals surface area contributed by atoms with Crippen LogP contribution in [-0.2, 0) is 14.6 Å². The maximum atomic E-state index is 15.4. The lowest BCUT2D eigenvalue weighted by Crippen LogP contribution is -2.09. The molecule has 1 aliphatic carbocycles. The average Bonchev–Trinajstić information content (AvgIpc) is 3.48. The van der Waals surface area contributed by atoms with Crippen LogP contribution in [0.1, 0.15) is 52.7 Å². The standard InChI is InChI=1S/C30H30FNO7S/c1-17-12-26(37-10-5-11-40(3,35)36)30(31)18(2)29(17)22-7-4-6-21-20(22)8-9-24(21)39-27-14-25-23(15-32-27)19(16-38-25)13-28(33)34/h4,6-9,12,14-15,19,24H,5,10-11,13,16H2,1-3H3,(H,33,34)/t19-,24?/m0/s1. The van der Waals surface area contributed by atoms with Gasteiger partial charge >= 0.3 is 5.97 Å². The number of rotatable bonds is 10. The average molecular weight is 568 g/mol. The SMILES string of the molecule is Cc1cc(OCCCS(C)(=O)=O)c(F)c(C)c1-c1cccc2c1C=CC2Oc1cc2c(cn1)[C@@H](CC(=O)O)CO2. The highest BCUT2D eigenvalue weighted by Crippen LogP contribution is 2.43. The number of hydrogen-bond donors (Lipinski definition) is 1. The number of hydrogen-bond acceptors (Lipinski definition) is 7. The minimum atomic E-state index is -3.11. The molecule has 1 unspecified atom stereocenters. The van der Waals surface area contributed by atoms with Crippen molar-refractivity contribution in [2.75, 3.05) is 25.2 Å². The Hall–Kier alpha value is -3.92. The number of carboxylic acid groups (broad SMARTS) is 1. The maximum absolute atomic E-state index is 15.4. The topological polar surface area (TPSA) is 112 Å². The zero-order valence-electron chi connectivity index (χ0n) is 22.4. The fourth-order valence-electron chi connectivity index (χ4n) is 5.29. The number of sulfone groups is 1. The van der Waals surface area contributed by atoms with Gasteiger partial charge in [0.15, 0.2) is 11.6 Å². The first-order valence-corrected chi connectivity index (χ1v) is 15.0. The summed E-state index contributed by atoms with van der Waals surface area (Å²) >= 11 is 0. The summed E-state index contributed by atoms with van der Waals surface area (Å²) in [5.41, 5.74) is 5.48. The molecule has 1 N–H and O–H groups in total. The number of ether oxygens (including phenoxy) is 3. The molecule has 210 valence electrons. The molecule has 5 rings (SSSR count). The van der Waals surface area contributed by atoms with Crippen LogP contribution >= 0.6 is 0 Å². The highest BCUT2D eigenvalue weighted by Gasteiger charge is 2.29. The van der Waals surface area contributed by atoms with Gasteiger partial charge in [0.25, 0.3) is 0 Å². The first kappa shape index (κ1) is 27.6. The Labute approximate surface area is 232 Å². The number of fused-ring (bicyclic) bond motifs is 2. The number of aliphatic carboxylic acids is 1. The zero-order valence-corrected chi connectivity index (χ0v) is 23.3. The molecule has 8 nitrogen and oxygen atoms in total. The number of carbonyl (C=O) groups is 1. The fourth-order valence-corrected chi connectivity index (χ4v) is 5.93. The predicted molar refractivity (Wildman–Crippen MR) is 148 cm³/mol. The third-order valence-electron chi connectivity index (χ3n) is 7.15. The van der Waals surface area contributed by atoms with Crippen LogP contribution < -0.4 is 14.2 Å². The van der Waals surface area contributed by atoms with Crippen LogP contribution in [0.2, 0.25) is 0 Å². The smallest absolute Gasteiger partial charge is 0.304 e. The van der Waals surface area contributed by atoms with E-state index in [0.29, 0.717) is 23.8 Å². The molecule has 0 bridgehead atoms. The van der Waals surface area contributed by atoms with E-state index in [-0.39, 0.29) is 36.9 Å². The third kappa shape index (κ3) is 5.67. The van der Waals surface area contributed by atoms with E-state index in [1.807, 2.05) is 37.3 Å². The first-order valence-electron chi connectivity index (χ1n) is 12.9. The molecule has 0 saturated heterocycles. The van der Waals surface area contributed by atoms with Crippen molar-refractivity contribution in [2.45, 2.75) is 38.7 Å². The van der Waals surface area contributed by atoms with Crippen LogP contribution in [0.25, 0.3) is 17.2 Å². The maximum Gasteiger partial charge on any atom is 0.304 e. The number of carboxylic acids is 1. The van der Waals surface area contributed by atoms with Crippen molar-refractivity contribution in [3.63, 3.8) is 0 Å². The van der Waals surface area contributed by atoms with Crippen molar-refractivity contribution >= 4 is 21.9 Å². The summed E-state index contributed by atoms with van der Waals surface area (Å²) in [6.45, 7) is 4.00.